The molecule has 2 heterocycles. The third kappa shape index (κ3) is 4.62. The molecule has 0 radical (unpaired) electrons. The van der Waals surface area contributed by atoms with Crippen LogP contribution >= 0.6 is 0 Å². The van der Waals surface area contributed by atoms with Crippen LogP contribution in [0.4, 0.5) is 0 Å². The summed E-state index contributed by atoms with van der Waals surface area (Å²) in [5, 5.41) is 12.7. The Kier molecular flexibility index (Phi) is 7.27. The summed E-state index contributed by atoms with van der Waals surface area (Å²) >= 11 is 0. The maximum Gasteiger partial charge on any atom is 0.261 e. The second-order valence-corrected chi connectivity index (χ2v) is 14.7. The van der Waals surface area contributed by atoms with E-state index >= 15 is 0 Å². The molecule has 0 unspecified atom stereocenters. The van der Waals surface area contributed by atoms with Crippen molar-refractivity contribution < 1.29 is 19.0 Å². The van der Waals surface area contributed by atoms with Crippen molar-refractivity contribution in [3.63, 3.8) is 0 Å². The Bertz CT molecular complexity index is 871. The quantitative estimate of drug-likeness (QED) is 0.468. The van der Waals surface area contributed by atoms with Gasteiger partial charge in [-0.05, 0) is 34.7 Å². The Balaban J connectivity index is 1.54. The summed E-state index contributed by atoms with van der Waals surface area (Å²) in [6.45, 7) is 11.4. The summed E-state index contributed by atoms with van der Waals surface area (Å²) in [5.41, 5.74) is -0.612. The highest BCUT2D eigenvalue weighted by Gasteiger charge is 2.53. The van der Waals surface area contributed by atoms with E-state index in [1.807, 2.05) is 6.08 Å². The number of aliphatic hydroxyl groups is 1. The van der Waals surface area contributed by atoms with Crippen molar-refractivity contribution in [3.8, 4) is 0 Å². The Morgan fingerprint density at radius 1 is 1.06 bits per heavy atom. The Morgan fingerprint density at radius 2 is 1.67 bits per heavy atom. The van der Waals surface area contributed by atoms with Gasteiger partial charge >= 0.3 is 0 Å². The van der Waals surface area contributed by atoms with Crippen LogP contribution < -0.4 is 10.4 Å². The number of hydrogen-bond acceptors (Lipinski definition) is 4. The first-order chi connectivity index (χ1) is 15.8. The molecule has 178 valence electrons. The average molecular weight is 467 g/mol. The number of hydrogen-bond donors (Lipinski definition) is 1. The predicted octanol–water partition coefficient (Wildman–Crippen LogP) is 4.21. The van der Waals surface area contributed by atoms with Crippen molar-refractivity contribution in [3.05, 3.63) is 73.3 Å². The van der Waals surface area contributed by atoms with E-state index in [-0.39, 0.29) is 30.0 Å². The summed E-state index contributed by atoms with van der Waals surface area (Å²) in [6, 6.07) is 21.5. The van der Waals surface area contributed by atoms with Crippen LogP contribution in [0.1, 0.15) is 46.5 Å². The van der Waals surface area contributed by atoms with Gasteiger partial charge in [-0.15, -0.1) is 6.58 Å². The van der Waals surface area contributed by atoms with Crippen LogP contribution in [-0.4, -0.2) is 50.6 Å². The first-order valence-electron chi connectivity index (χ1n) is 12.2. The average Bonchev–Trinajstić information content (AvgIpc) is 3.21. The Labute approximate surface area is 199 Å². The van der Waals surface area contributed by atoms with Crippen molar-refractivity contribution in [2.75, 3.05) is 13.2 Å². The molecule has 1 N–H and O–H groups in total. The molecule has 4 atom stereocenters. The van der Waals surface area contributed by atoms with Gasteiger partial charge in [0, 0.05) is 13.0 Å². The second kappa shape index (κ2) is 9.85. The fourth-order valence-corrected chi connectivity index (χ4v) is 10.3. The first-order valence-corrected chi connectivity index (χ1v) is 14.1. The fraction of sp³-hybridized carbons (Fsp3) is 0.500. The van der Waals surface area contributed by atoms with E-state index < -0.39 is 13.9 Å². The van der Waals surface area contributed by atoms with Gasteiger partial charge in [-0.1, -0.05) is 87.5 Å². The van der Waals surface area contributed by atoms with Gasteiger partial charge in [0.05, 0.1) is 24.9 Å². The van der Waals surface area contributed by atoms with Crippen LogP contribution in [0, 0.1) is 0 Å². The first kappa shape index (κ1) is 24.4. The Morgan fingerprint density at radius 3 is 2.18 bits per heavy atom. The molecule has 5 heteroatoms. The zero-order chi connectivity index (χ0) is 23.5. The SMILES string of the molecule is C=C[C@H]1C[C@]2(CO)O[C@@H](CCO[Si](c3ccccc3)(c3ccccc3)C(C)(C)C)CC[C@@H]2O1. The third-order valence-electron chi connectivity index (χ3n) is 7.33. The molecule has 0 spiro atoms. The molecule has 2 aromatic carbocycles. The summed E-state index contributed by atoms with van der Waals surface area (Å²) in [6.07, 6.45) is 5.06. The van der Waals surface area contributed by atoms with Gasteiger partial charge in [-0.3, -0.25) is 0 Å². The standard InChI is InChI=1S/C28H38O4Si/c1-5-22-20-28(21-29)26(31-22)17-16-23(32-28)18-19-30-33(27(2,3)4,24-12-8-6-9-13-24)25-14-10-7-11-15-25/h5-15,22-23,26,29H,1,16-21H2,2-4H3/t22-,23+,26-,28+/m0/s1. The summed E-state index contributed by atoms with van der Waals surface area (Å²) < 4.78 is 19.6. The largest absolute Gasteiger partial charge is 0.407 e. The normalized spacial score (nSPS) is 27.8. The van der Waals surface area contributed by atoms with E-state index in [4.69, 9.17) is 13.9 Å². The van der Waals surface area contributed by atoms with Gasteiger partial charge in [0.1, 0.15) is 5.60 Å². The molecule has 2 saturated heterocycles. The molecule has 33 heavy (non-hydrogen) atoms. The van der Waals surface area contributed by atoms with Gasteiger partial charge in [0.2, 0.25) is 0 Å². The summed E-state index contributed by atoms with van der Waals surface area (Å²) in [4.78, 5) is 0. The second-order valence-electron chi connectivity index (χ2n) is 10.4. The molecule has 0 bridgehead atoms. The van der Waals surface area contributed by atoms with Crippen molar-refractivity contribution in [2.45, 2.75) is 75.4 Å². The van der Waals surface area contributed by atoms with Crippen LogP contribution in [0.15, 0.2) is 73.3 Å². The van der Waals surface area contributed by atoms with Crippen LogP contribution in [0.25, 0.3) is 0 Å². The van der Waals surface area contributed by atoms with Gasteiger partial charge in [-0.25, -0.2) is 0 Å². The van der Waals surface area contributed by atoms with Gasteiger partial charge in [0.25, 0.3) is 8.32 Å². The van der Waals surface area contributed by atoms with Crippen molar-refractivity contribution in [1.29, 1.82) is 0 Å². The number of fused-ring (bicyclic) bond motifs is 1. The third-order valence-corrected chi connectivity index (χ3v) is 12.4. The maximum absolute atomic E-state index is 10.2. The monoisotopic (exact) mass is 466 g/mol. The smallest absolute Gasteiger partial charge is 0.261 e. The lowest BCUT2D eigenvalue weighted by atomic mass is 9.87. The minimum atomic E-state index is -2.55. The van der Waals surface area contributed by atoms with Crippen molar-refractivity contribution in [2.24, 2.45) is 0 Å². The van der Waals surface area contributed by atoms with E-state index in [9.17, 15) is 5.11 Å². The molecular formula is C28H38O4Si. The number of rotatable bonds is 8. The molecule has 0 aromatic heterocycles. The minimum Gasteiger partial charge on any atom is -0.407 e. The van der Waals surface area contributed by atoms with Gasteiger partial charge < -0.3 is 19.0 Å². The molecule has 4 rings (SSSR count). The van der Waals surface area contributed by atoms with Crippen molar-refractivity contribution in [1.82, 2.24) is 0 Å². The maximum atomic E-state index is 10.2. The van der Waals surface area contributed by atoms with Gasteiger partial charge in [0.15, 0.2) is 0 Å². The zero-order valence-corrected chi connectivity index (χ0v) is 21.2. The number of benzene rings is 2. The molecule has 2 aliphatic heterocycles. The highest BCUT2D eigenvalue weighted by atomic mass is 28.4. The lowest BCUT2D eigenvalue weighted by Gasteiger charge is -2.44. The Hall–Kier alpha value is -1.76. The molecule has 0 aliphatic carbocycles. The van der Waals surface area contributed by atoms with Crippen LogP contribution in [-0.2, 0) is 13.9 Å². The van der Waals surface area contributed by atoms with Crippen LogP contribution in [0.2, 0.25) is 5.04 Å². The zero-order valence-electron chi connectivity index (χ0n) is 20.2. The highest BCUT2D eigenvalue weighted by Crippen LogP contribution is 2.43. The summed E-state index contributed by atoms with van der Waals surface area (Å²) in [7, 11) is -2.55. The van der Waals surface area contributed by atoms with E-state index in [2.05, 4.69) is 88.0 Å². The van der Waals surface area contributed by atoms with E-state index in [0.29, 0.717) is 13.0 Å². The van der Waals surface area contributed by atoms with Crippen molar-refractivity contribution >= 4 is 18.7 Å². The molecular weight excluding hydrogens is 428 g/mol. The summed E-state index contributed by atoms with van der Waals surface area (Å²) in [5.74, 6) is 0. The predicted molar refractivity (Wildman–Crippen MR) is 136 cm³/mol. The molecule has 4 nitrogen and oxygen atoms in total. The minimum absolute atomic E-state index is 0.0198. The highest BCUT2D eigenvalue weighted by molar-refractivity contribution is 6.99. The molecule has 2 aliphatic rings. The fourth-order valence-electron chi connectivity index (χ4n) is 5.69. The number of aliphatic hydroxyl groups excluding tert-OH is 1. The molecule has 2 aromatic rings. The van der Waals surface area contributed by atoms with E-state index in [1.165, 1.54) is 10.4 Å². The topological polar surface area (TPSA) is 47.9 Å². The lowest BCUT2D eigenvalue weighted by Crippen LogP contribution is -2.66. The molecule has 2 fully saturated rings. The number of ether oxygens (including phenoxy) is 2. The molecule has 0 amide bonds. The van der Waals surface area contributed by atoms with Gasteiger partial charge in [-0.2, -0.15) is 0 Å². The van der Waals surface area contributed by atoms with Crippen LogP contribution in [0.3, 0.4) is 0 Å². The van der Waals surface area contributed by atoms with E-state index in [1.54, 1.807) is 0 Å². The molecule has 0 saturated carbocycles. The lowest BCUT2D eigenvalue weighted by molar-refractivity contribution is -0.184. The van der Waals surface area contributed by atoms with E-state index in [0.717, 1.165) is 19.3 Å². The van der Waals surface area contributed by atoms with Crippen LogP contribution in [0.5, 0.6) is 0 Å².